The molecule has 0 aromatic rings. The summed E-state index contributed by atoms with van der Waals surface area (Å²) in [6, 6.07) is 0. The van der Waals surface area contributed by atoms with Gasteiger partial charge in [0.25, 0.3) is 0 Å². The van der Waals surface area contributed by atoms with E-state index in [-0.39, 0.29) is 37.1 Å². The molecule has 2 amide bonds. The lowest BCUT2D eigenvalue weighted by atomic mass is 10.0. The molecule has 1 atom stereocenters. The van der Waals surface area contributed by atoms with Gasteiger partial charge in [0.05, 0.1) is 6.54 Å². The Labute approximate surface area is 107 Å². The summed E-state index contributed by atoms with van der Waals surface area (Å²) >= 11 is 0. The summed E-state index contributed by atoms with van der Waals surface area (Å²) in [5.41, 5.74) is 0. The number of rotatable bonds is 8. The van der Waals surface area contributed by atoms with Crippen LogP contribution in [-0.4, -0.2) is 47.9 Å². The Hall–Kier alpha value is -1.59. The molecule has 0 saturated carbocycles. The number of likely N-dealkylation sites (N-methyl/N-ethyl adjacent to an activating group) is 1. The van der Waals surface area contributed by atoms with E-state index in [0.29, 0.717) is 6.54 Å². The first-order valence-corrected chi connectivity index (χ1v) is 6.09. The van der Waals surface area contributed by atoms with E-state index in [1.807, 2.05) is 6.92 Å². The molecule has 0 fully saturated rings. The molecule has 0 heterocycles. The van der Waals surface area contributed by atoms with E-state index in [1.165, 1.54) is 4.90 Å². The van der Waals surface area contributed by atoms with Crippen molar-refractivity contribution in [1.82, 2.24) is 10.2 Å². The van der Waals surface area contributed by atoms with Crippen molar-refractivity contribution in [1.29, 1.82) is 0 Å². The molecule has 0 radical (unpaired) electrons. The highest BCUT2D eigenvalue weighted by molar-refractivity contribution is 5.84. The largest absolute Gasteiger partial charge is 0.481 e. The van der Waals surface area contributed by atoms with Crippen molar-refractivity contribution in [3.8, 4) is 0 Å². The molecule has 6 heteroatoms. The smallest absolute Gasteiger partial charge is 0.303 e. The molecule has 6 nitrogen and oxygen atoms in total. The summed E-state index contributed by atoms with van der Waals surface area (Å²) in [5.74, 6) is -1.55. The van der Waals surface area contributed by atoms with Crippen LogP contribution in [0, 0.1) is 5.92 Å². The molecule has 0 saturated heterocycles. The molecule has 104 valence electrons. The standard InChI is InChI=1S/C12H22N2O4/c1-4-5-13-10(15)8-14(3)11(16)6-9(2)7-12(17)18/h9H,4-8H2,1-3H3,(H,13,15)(H,17,18). The predicted molar refractivity (Wildman–Crippen MR) is 67.0 cm³/mol. The van der Waals surface area contributed by atoms with Gasteiger partial charge in [0.2, 0.25) is 11.8 Å². The number of hydrogen-bond acceptors (Lipinski definition) is 3. The van der Waals surface area contributed by atoms with Gasteiger partial charge in [-0.2, -0.15) is 0 Å². The van der Waals surface area contributed by atoms with Crippen LogP contribution in [0.25, 0.3) is 0 Å². The number of amides is 2. The molecule has 0 aromatic carbocycles. The van der Waals surface area contributed by atoms with Crippen molar-refractivity contribution in [3.63, 3.8) is 0 Å². The maximum absolute atomic E-state index is 11.7. The summed E-state index contributed by atoms with van der Waals surface area (Å²) in [4.78, 5) is 34.9. The van der Waals surface area contributed by atoms with Crippen LogP contribution in [0.2, 0.25) is 0 Å². The number of carbonyl (C=O) groups is 3. The van der Waals surface area contributed by atoms with Crippen LogP contribution in [0.1, 0.15) is 33.1 Å². The van der Waals surface area contributed by atoms with Crippen LogP contribution < -0.4 is 5.32 Å². The van der Waals surface area contributed by atoms with E-state index in [9.17, 15) is 14.4 Å². The number of aliphatic carboxylic acids is 1. The average molecular weight is 258 g/mol. The van der Waals surface area contributed by atoms with Crippen LogP contribution in [0.3, 0.4) is 0 Å². The van der Waals surface area contributed by atoms with E-state index < -0.39 is 5.97 Å². The number of carboxylic acids is 1. The van der Waals surface area contributed by atoms with E-state index in [4.69, 9.17) is 5.11 Å². The fraction of sp³-hybridized carbons (Fsp3) is 0.750. The van der Waals surface area contributed by atoms with E-state index in [2.05, 4.69) is 5.32 Å². The highest BCUT2D eigenvalue weighted by atomic mass is 16.4. The van der Waals surface area contributed by atoms with Gasteiger partial charge in [-0.25, -0.2) is 0 Å². The van der Waals surface area contributed by atoms with Crippen molar-refractivity contribution in [3.05, 3.63) is 0 Å². The van der Waals surface area contributed by atoms with Crippen molar-refractivity contribution in [2.75, 3.05) is 20.1 Å². The zero-order chi connectivity index (χ0) is 14.1. The second-order valence-corrected chi connectivity index (χ2v) is 4.51. The number of nitrogens with one attached hydrogen (secondary N) is 1. The third kappa shape index (κ3) is 7.65. The molecule has 0 spiro atoms. The second-order valence-electron chi connectivity index (χ2n) is 4.51. The SMILES string of the molecule is CCCNC(=O)CN(C)C(=O)CC(C)CC(=O)O. The number of hydrogen-bond donors (Lipinski definition) is 2. The number of nitrogens with zero attached hydrogens (tertiary/aromatic N) is 1. The first-order chi connectivity index (χ1) is 8.36. The number of carboxylic acid groups (broad SMARTS) is 1. The third-order valence-electron chi connectivity index (χ3n) is 2.42. The normalized spacial score (nSPS) is 11.7. The van der Waals surface area contributed by atoms with Gasteiger partial charge in [0.1, 0.15) is 0 Å². The third-order valence-corrected chi connectivity index (χ3v) is 2.42. The molecule has 0 bridgehead atoms. The molecule has 0 aliphatic rings. The van der Waals surface area contributed by atoms with E-state index in [0.717, 1.165) is 6.42 Å². The molecule has 0 aromatic heterocycles. The Morgan fingerprint density at radius 1 is 1.28 bits per heavy atom. The summed E-state index contributed by atoms with van der Waals surface area (Å²) in [6.07, 6.45) is 0.949. The highest BCUT2D eigenvalue weighted by Crippen LogP contribution is 2.09. The molecule has 0 aliphatic heterocycles. The van der Waals surface area contributed by atoms with Gasteiger partial charge in [-0.15, -0.1) is 0 Å². The zero-order valence-corrected chi connectivity index (χ0v) is 11.2. The number of carbonyl (C=O) groups excluding carboxylic acids is 2. The quantitative estimate of drug-likeness (QED) is 0.662. The lowest BCUT2D eigenvalue weighted by molar-refractivity contribution is -0.139. The topological polar surface area (TPSA) is 86.7 Å². The Morgan fingerprint density at radius 3 is 2.39 bits per heavy atom. The summed E-state index contributed by atoms with van der Waals surface area (Å²) in [7, 11) is 1.54. The molecule has 18 heavy (non-hydrogen) atoms. The van der Waals surface area contributed by atoms with Crippen molar-refractivity contribution >= 4 is 17.8 Å². The minimum absolute atomic E-state index is 0.0125. The Bertz CT molecular complexity index is 304. The first-order valence-electron chi connectivity index (χ1n) is 6.09. The fourth-order valence-electron chi connectivity index (χ4n) is 1.45. The Morgan fingerprint density at radius 2 is 1.89 bits per heavy atom. The van der Waals surface area contributed by atoms with Gasteiger partial charge < -0.3 is 15.3 Å². The van der Waals surface area contributed by atoms with Crippen LogP contribution in [0.5, 0.6) is 0 Å². The lowest BCUT2D eigenvalue weighted by Gasteiger charge is -2.18. The van der Waals surface area contributed by atoms with E-state index in [1.54, 1.807) is 14.0 Å². The maximum Gasteiger partial charge on any atom is 0.303 e. The average Bonchev–Trinajstić information content (AvgIpc) is 2.24. The van der Waals surface area contributed by atoms with Gasteiger partial charge in [0, 0.05) is 26.4 Å². The van der Waals surface area contributed by atoms with Gasteiger partial charge in [-0.1, -0.05) is 13.8 Å². The lowest BCUT2D eigenvalue weighted by Crippen LogP contribution is -2.39. The van der Waals surface area contributed by atoms with Crippen molar-refractivity contribution in [2.45, 2.75) is 33.1 Å². The first kappa shape index (κ1) is 16.4. The Balaban J connectivity index is 4.02. The molecular weight excluding hydrogens is 236 g/mol. The fourth-order valence-corrected chi connectivity index (χ4v) is 1.45. The van der Waals surface area contributed by atoms with Crippen molar-refractivity contribution in [2.24, 2.45) is 5.92 Å². The molecule has 0 rings (SSSR count). The van der Waals surface area contributed by atoms with Crippen LogP contribution in [-0.2, 0) is 14.4 Å². The minimum Gasteiger partial charge on any atom is -0.481 e. The van der Waals surface area contributed by atoms with Gasteiger partial charge in [-0.05, 0) is 12.3 Å². The van der Waals surface area contributed by atoms with Gasteiger partial charge in [-0.3, -0.25) is 14.4 Å². The second kappa shape index (κ2) is 8.49. The van der Waals surface area contributed by atoms with E-state index >= 15 is 0 Å². The molecule has 1 unspecified atom stereocenters. The van der Waals surface area contributed by atoms with Crippen LogP contribution >= 0.6 is 0 Å². The molecule has 0 aliphatic carbocycles. The molecule has 2 N–H and O–H groups in total. The Kier molecular flexibility index (Phi) is 7.74. The highest BCUT2D eigenvalue weighted by Gasteiger charge is 2.17. The van der Waals surface area contributed by atoms with Gasteiger partial charge >= 0.3 is 5.97 Å². The molecular formula is C12H22N2O4. The van der Waals surface area contributed by atoms with Gasteiger partial charge in [0.15, 0.2) is 0 Å². The van der Waals surface area contributed by atoms with Crippen LogP contribution in [0.4, 0.5) is 0 Å². The monoisotopic (exact) mass is 258 g/mol. The summed E-state index contributed by atoms with van der Waals surface area (Å²) in [6.45, 7) is 4.26. The van der Waals surface area contributed by atoms with Crippen LogP contribution in [0.15, 0.2) is 0 Å². The summed E-state index contributed by atoms with van der Waals surface area (Å²) in [5, 5.41) is 11.3. The summed E-state index contributed by atoms with van der Waals surface area (Å²) < 4.78 is 0. The van der Waals surface area contributed by atoms with Crippen molar-refractivity contribution < 1.29 is 19.5 Å². The predicted octanol–water partition coefficient (Wildman–Crippen LogP) is 0.472. The zero-order valence-electron chi connectivity index (χ0n) is 11.2. The maximum atomic E-state index is 11.7. The minimum atomic E-state index is -0.918.